The third-order valence-electron chi connectivity index (χ3n) is 2.67. The molecule has 0 saturated heterocycles. The predicted molar refractivity (Wildman–Crippen MR) is 85.9 cm³/mol. The molecule has 0 spiro atoms. The van der Waals surface area contributed by atoms with E-state index in [4.69, 9.17) is 4.42 Å². The Labute approximate surface area is 131 Å². The first-order valence-corrected chi connectivity index (χ1v) is 6.61. The van der Waals surface area contributed by atoms with Crippen molar-refractivity contribution >= 4 is 23.9 Å². The molecule has 23 heavy (non-hydrogen) atoms. The highest BCUT2D eigenvalue weighted by Gasteiger charge is 2.10. The van der Waals surface area contributed by atoms with Crippen LogP contribution >= 0.6 is 0 Å². The summed E-state index contributed by atoms with van der Waals surface area (Å²) in [6, 6.07) is 9.02. The van der Waals surface area contributed by atoms with E-state index in [1.165, 1.54) is 30.5 Å². The SMILES string of the molecule is O=C(NN=C/C=C/C=C\c1ccco1)c1cccc([N+](=O)[O-])c1. The molecule has 0 aliphatic rings. The summed E-state index contributed by atoms with van der Waals surface area (Å²) < 4.78 is 5.11. The third-order valence-corrected chi connectivity index (χ3v) is 2.67. The van der Waals surface area contributed by atoms with Gasteiger partial charge < -0.3 is 4.42 Å². The lowest BCUT2D eigenvalue weighted by atomic mass is 10.2. The summed E-state index contributed by atoms with van der Waals surface area (Å²) >= 11 is 0. The second kappa shape index (κ2) is 8.08. The number of carbonyl (C=O) groups excluding carboxylic acids is 1. The molecule has 1 aromatic carbocycles. The zero-order valence-electron chi connectivity index (χ0n) is 12.0. The summed E-state index contributed by atoms with van der Waals surface area (Å²) in [5.41, 5.74) is 2.30. The van der Waals surface area contributed by atoms with Crippen molar-refractivity contribution in [3.63, 3.8) is 0 Å². The number of nitro groups is 1. The van der Waals surface area contributed by atoms with Crippen molar-refractivity contribution in [2.75, 3.05) is 0 Å². The molecule has 1 aromatic heterocycles. The normalized spacial score (nSPS) is 11.5. The van der Waals surface area contributed by atoms with Gasteiger partial charge in [-0.1, -0.05) is 18.2 Å². The van der Waals surface area contributed by atoms with Gasteiger partial charge in [0.15, 0.2) is 0 Å². The summed E-state index contributed by atoms with van der Waals surface area (Å²) in [6.07, 6.45) is 9.83. The van der Waals surface area contributed by atoms with Crippen LogP contribution in [0.15, 0.2) is 70.4 Å². The number of nitrogens with zero attached hydrogens (tertiary/aromatic N) is 2. The molecule has 2 aromatic rings. The number of nitrogens with one attached hydrogen (secondary N) is 1. The third kappa shape index (κ3) is 5.09. The lowest BCUT2D eigenvalue weighted by molar-refractivity contribution is -0.384. The van der Waals surface area contributed by atoms with Gasteiger partial charge in [-0.25, -0.2) is 5.43 Å². The Bertz CT molecular complexity index is 761. The number of carbonyl (C=O) groups is 1. The molecule has 116 valence electrons. The molecule has 0 bridgehead atoms. The Hall–Kier alpha value is -3.48. The molecular weight excluding hydrogens is 298 g/mol. The van der Waals surface area contributed by atoms with Crippen LogP contribution in [-0.2, 0) is 0 Å². The van der Waals surface area contributed by atoms with Gasteiger partial charge in [0.1, 0.15) is 5.76 Å². The number of furan rings is 1. The van der Waals surface area contributed by atoms with Gasteiger partial charge in [-0.3, -0.25) is 14.9 Å². The molecule has 0 aliphatic heterocycles. The largest absolute Gasteiger partial charge is 0.465 e. The molecule has 0 aliphatic carbocycles. The number of nitro benzene ring substituents is 1. The Kier molecular flexibility index (Phi) is 5.59. The Morgan fingerprint density at radius 1 is 1.22 bits per heavy atom. The van der Waals surface area contributed by atoms with Gasteiger partial charge in [-0.05, 0) is 30.4 Å². The number of benzene rings is 1. The van der Waals surface area contributed by atoms with E-state index in [0.29, 0.717) is 0 Å². The summed E-state index contributed by atoms with van der Waals surface area (Å²) in [6.45, 7) is 0. The van der Waals surface area contributed by atoms with E-state index in [9.17, 15) is 14.9 Å². The van der Waals surface area contributed by atoms with Crippen LogP contribution in [-0.4, -0.2) is 17.0 Å². The van der Waals surface area contributed by atoms with E-state index in [2.05, 4.69) is 10.5 Å². The van der Waals surface area contributed by atoms with Crippen molar-refractivity contribution in [1.29, 1.82) is 0 Å². The lowest BCUT2D eigenvalue weighted by Crippen LogP contribution is -2.17. The molecule has 1 amide bonds. The van der Waals surface area contributed by atoms with E-state index in [0.717, 1.165) is 5.76 Å². The van der Waals surface area contributed by atoms with Crippen molar-refractivity contribution in [3.8, 4) is 0 Å². The van der Waals surface area contributed by atoms with Gasteiger partial charge in [0.25, 0.3) is 11.6 Å². The van der Waals surface area contributed by atoms with E-state index >= 15 is 0 Å². The summed E-state index contributed by atoms with van der Waals surface area (Å²) in [5, 5.41) is 14.4. The fourth-order valence-electron chi connectivity index (χ4n) is 1.61. The van der Waals surface area contributed by atoms with Gasteiger partial charge in [0.05, 0.1) is 11.2 Å². The van der Waals surface area contributed by atoms with Crippen molar-refractivity contribution in [2.24, 2.45) is 5.10 Å². The van der Waals surface area contributed by atoms with Gasteiger partial charge in [-0.15, -0.1) is 0 Å². The van der Waals surface area contributed by atoms with Crippen LogP contribution in [0.2, 0.25) is 0 Å². The maximum Gasteiger partial charge on any atom is 0.271 e. The summed E-state index contributed by atoms with van der Waals surface area (Å²) in [5.74, 6) is 0.204. The minimum Gasteiger partial charge on any atom is -0.465 e. The van der Waals surface area contributed by atoms with Crippen molar-refractivity contribution in [3.05, 3.63) is 82.3 Å². The Balaban J connectivity index is 1.84. The fraction of sp³-hybridized carbons (Fsp3) is 0. The van der Waals surface area contributed by atoms with Gasteiger partial charge in [0, 0.05) is 23.9 Å². The monoisotopic (exact) mass is 311 g/mol. The first-order valence-electron chi connectivity index (χ1n) is 6.61. The topological polar surface area (TPSA) is 97.7 Å². The average molecular weight is 311 g/mol. The zero-order chi connectivity index (χ0) is 16.5. The van der Waals surface area contributed by atoms with E-state index in [-0.39, 0.29) is 11.3 Å². The molecule has 1 heterocycles. The quantitative estimate of drug-likeness (QED) is 0.383. The number of rotatable bonds is 6. The molecular formula is C16H13N3O4. The molecule has 7 nitrogen and oxygen atoms in total. The second-order valence-electron chi connectivity index (χ2n) is 4.29. The van der Waals surface area contributed by atoms with Crippen LogP contribution in [0, 0.1) is 10.1 Å². The molecule has 0 atom stereocenters. The number of amides is 1. The average Bonchev–Trinajstić information content (AvgIpc) is 3.07. The first kappa shape index (κ1) is 15.9. The van der Waals surface area contributed by atoms with Crippen LogP contribution in [0.25, 0.3) is 6.08 Å². The lowest BCUT2D eigenvalue weighted by Gasteiger charge is -1.98. The molecule has 7 heteroatoms. The minimum atomic E-state index is -0.561. The maximum atomic E-state index is 11.8. The first-order chi connectivity index (χ1) is 11.2. The Morgan fingerprint density at radius 3 is 2.83 bits per heavy atom. The van der Waals surface area contributed by atoms with E-state index in [1.54, 1.807) is 36.6 Å². The highest BCUT2D eigenvalue weighted by molar-refractivity contribution is 5.95. The molecule has 1 N–H and O–H groups in total. The highest BCUT2D eigenvalue weighted by atomic mass is 16.6. The fourth-order valence-corrected chi connectivity index (χ4v) is 1.61. The number of hydrazone groups is 1. The summed E-state index contributed by atoms with van der Waals surface area (Å²) in [4.78, 5) is 21.8. The number of allylic oxidation sites excluding steroid dienone is 3. The molecule has 0 fully saturated rings. The predicted octanol–water partition coefficient (Wildman–Crippen LogP) is 3.17. The second-order valence-corrected chi connectivity index (χ2v) is 4.29. The van der Waals surface area contributed by atoms with Crippen LogP contribution in [0.5, 0.6) is 0 Å². The molecule has 0 unspecified atom stereocenters. The van der Waals surface area contributed by atoms with Gasteiger partial charge in [0.2, 0.25) is 0 Å². The number of hydrogen-bond donors (Lipinski definition) is 1. The van der Waals surface area contributed by atoms with Crippen LogP contribution in [0.3, 0.4) is 0 Å². The minimum absolute atomic E-state index is 0.149. The number of non-ortho nitro benzene ring substituents is 1. The highest BCUT2D eigenvalue weighted by Crippen LogP contribution is 2.12. The van der Waals surface area contributed by atoms with Crippen molar-refractivity contribution in [2.45, 2.75) is 0 Å². The van der Waals surface area contributed by atoms with Crippen molar-refractivity contribution < 1.29 is 14.1 Å². The zero-order valence-corrected chi connectivity index (χ0v) is 12.0. The number of hydrogen-bond acceptors (Lipinski definition) is 5. The van der Waals surface area contributed by atoms with Crippen LogP contribution < -0.4 is 5.43 Å². The molecule has 0 saturated carbocycles. The standard InChI is InChI=1S/C16H13N3O4/c20-16(13-6-4-7-14(12-13)19(21)22)18-17-10-3-1-2-8-15-9-5-11-23-15/h1-12H,(H,18,20)/b3-1+,8-2-,17-10?. The maximum absolute atomic E-state index is 11.8. The molecule has 2 rings (SSSR count). The van der Waals surface area contributed by atoms with E-state index < -0.39 is 10.8 Å². The van der Waals surface area contributed by atoms with Crippen molar-refractivity contribution in [1.82, 2.24) is 5.43 Å². The van der Waals surface area contributed by atoms with E-state index in [1.807, 2.05) is 6.07 Å². The smallest absolute Gasteiger partial charge is 0.271 e. The van der Waals surface area contributed by atoms with Gasteiger partial charge in [-0.2, -0.15) is 5.10 Å². The molecule has 0 radical (unpaired) electrons. The Morgan fingerprint density at radius 2 is 2.09 bits per heavy atom. The summed E-state index contributed by atoms with van der Waals surface area (Å²) in [7, 11) is 0. The van der Waals surface area contributed by atoms with Gasteiger partial charge >= 0.3 is 0 Å². The van der Waals surface area contributed by atoms with Crippen LogP contribution in [0.1, 0.15) is 16.1 Å². The van der Waals surface area contributed by atoms with Crippen LogP contribution in [0.4, 0.5) is 5.69 Å².